The van der Waals surface area contributed by atoms with Crippen molar-refractivity contribution >= 4 is 22.2 Å². The molecule has 0 unspecified atom stereocenters. The van der Waals surface area contributed by atoms with Crippen LogP contribution >= 0.6 is 11.3 Å². The largest absolute Gasteiger partial charge is 0.361 e. The van der Waals surface area contributed by atoms with E-state index in [0.717, 1.165) is 0 Å². The molecule has 0 aliphatic rings. The van der Waals surface area contributed by atoms with Crippen LogP contribution in [0.2, 0.25) is 0 Å². The van der Waals surface area contributed by atoms with Crippen molar-refractivity contribution in [3.05, 3.63) is 47.5 Å². The third-order valence-electron chi connectivity index (χ3n) is 2.32. The SMILES string of the molecule is c1cc(-[n+]2ccsc2)c2cc[nH]c2c1. The zero-order valence-corrected chi connectivity index (χ0v) is 8.29. The molecule has 0 saturated heterocycles. The minimum Gasteiger partial charge on any atom is -0.361 e. The summed E-state index contributed by atoms with van der Waals surface area (Å²) in [6.45, 7) is 0. The number of thiazole rings is 1. The van der Waals surface area contributed by atoms with Crippen molar-refractivity contribution in [2.45, 2.75) is 0 Å². The van der Waals surface area contributed by atoms with Gasteiger partial charge in [0.1, 0.15) is 0 Å². The van der Waals surface area contributed by atoms with Crippen LogP contribution in [0.3, 0.4) is 0 Å². The first-order valence-electron chi connectivity index (χ1n) is 4.45. The Morgan fingerprint density at radius 3 is 3.07 bits per heavy atom. The molecule has 0 amide bonds. The molecule has 0 radical (unpaired) electrons. The molecule has 1 aromatic carbocycles. The molecule has 0 spiro atoms. The summed E-state index contributed by atoms with van der Waals surface area (Å²) in [6.07, 6.45) is 4.05. The van der Waals surface area contributed by atoms with Crippen molar-refractivity contribution in [1.29, 1.82) is 0 Å². The van der Waals surface area contributed by atoms with E-state index in [1.54, 1.807) is 11.3 Å². The van der Waals surface area contributed by atoms with Crippen LogP contribution < -0.4 is 4.57 Å². The number of H-pyrrole nitrogens is 1. The van der Waals surface area contributed by atoms with Gasteiger partial charge in [0, 0.05) is 12.3 Å². The molecule has 2 nitrogen and oxygen atoms in total. The van der Waals surface area contributed by atoms with Gasteiger partial charge in [-0.15, -0.1) is 0 Å². The summed E-state index contributed by atoms with van der Waals surface area (Å²) < 4.78 is 2.14. The van der Waals surface area contributed by atoms with Gasteiger partial charge in [0.15, 0.2) is 6.20 Å². The van der Waals surface area contributed by atoms with Crippen molar-refractivity contribution < 1.29 is 4.57 Å². The average Bonchev–Trinajstić information content (AvgIpc) is 2.88. The van der Waals surface area contributed by atoms with E-state index in [9.17, 15) is 0 Å². The van der Waals surface area contributed by atoms with Crippen LogP contribution in [0.4, 0.5) is 0 Å². The van der Waals surface area contributed by atoms with Crippen LogP contribution in [-0.4, -0.2) is 4.98 Å². The van der Waals surface area contributed by atoms with E-state index in [-0.39, 0.29) is 0 Å². The number of hydrogen-bond acceptors (Lipinski definition) is 1. The first-order chi connectivity index (χ1) is 6.95. The Morgan fingerprint density at radius 2 is 2.21 bits per heavy atom. The van der Waals surface area contributed by atoms with E-state index >= 15 is 0 Å². The highest BCUT2D eigenvalue weighted by molar-refractivity contribution is 7.07. The van der Waals surface area contributed by atoms with Crippen molar-refractivity contribution in [3.8, 4) is 5.69 Å². The third-order valence-corrected chi connectivity index (χ3v) is 2.95. The number of aromatic amines is 1. The number of benzene rings is 1. The molecule has 3 rings (SSSR count). The molecular formula is C11H9N2S+. The van der Waals surface area contributed by atoms with E-state index in [1.165, 1.54) is 16.6 Å². The second-order valence-electron chi connectivity index (χ2n) is 3.15. The van der Waals surface area contributed by atoms with E-state index in [1.807, 2.05) is 6.20 Å². The summed E-state index contributed by atoms with van der Waals surface area (Å²) in [6, 6.07) is 8.39. The number of fused-ring (bicyclic) bond motifs is 1. The molecule has 0 aliphatic carbocycles. The minimum atomic E-state index is 1.18. The number of rotatable bonds is 1. The highest BCUT2D eigenvalue weighted by atomic mass is 32.1. The van der Waals surface area contributed by atoms with Gasteiger partial charge in [-0.25, -0.2) is 0 Å². The maximum Gasteiger partial charge on any atom is 0.230 e. The predicted molar refractivity (Wildman–Crippen MR) is 57.7 cm³/mol. The third kappa shape index (κ3) is 1.06. The van der Waals surface area contributed by atoms with E-state index in [4.69, 9.17) is 0 Å². The van der Waals surface area contributed by atoms with E-state index < -0.39 is 0 Å². The molecular weight excluding hydrogens is 192 g/mol. The Labute approximate surface area is 85.4 Å². The monoisotopic (exact) mass is 201 g/mol. The predicted octanol–water partition coefficient (Wildman–Crippen LogP) is 2.51. The quantitative estimate of drug-likeness (QED) is 0.584. The highest BCUT2D eigenvalue weighted by Gasteiger charge is 2.10. The summed E-state index contributed by atoms with van der Waals surface area (Å²) in [5.41, 5.74) is 4.51. The van der Waals surface area contributed by atoms with Crippen LogP contribution in [0.15, 0.2) is 47.5 Å². The van der Waals surface area contributed by atoms with Crippen molar-refractivity contribution in [2.24, 2.45) is 0 Å². The molecule has 0 aliphatic heterocycles. The van der Waals surface area contributed by atoms with Crippen LogP contribution in [0.5, 0.6) is 0 Å². The molecule has 68 valence electrons. The number of nitrogens with one attached hydrogen (secondary N) is 1. The number of aromatic nitrogens is 2. The van der Waals surface area contributed by atoms with E-state index in [2.05, 4.69) is 50.9 Å². The zero-order valence-electron chi connectivity index (χ0n) is 7.47. The maximum atomic E-state index is 3.21. The van der Waals surface area contributed by atoms with Crippen molar-refractivity contribution in [1.82, 2.24) is 4.98 Å². The van der Waals surface area contributed by atoms with Crippen LogP contribution in [0, 0.1) is 0 Å². The lowest BCUT2D eigenvalue weighted by Crippen LogP contribution is -2.26. The highest BCUT2D eigenvalue weighted by Crippen LogP contribution is 2.17. The molecule has 14 heavy (non-hydrogen) atoms. The summed E-state index contributed by atoms with van der Waals surface area (Å²) >= 11 is 1.70. The van der Waals surface area contributed by atoms with Crippen LogP contribution in [-0.2, 0) is 0 Å². The molecule has 0 bridgehead atoms. The smallest absolute Gasteiger partial charge is 0.230 e. The van der Waals surface area contributed by atoms with Gasteiger partial charge in [0.2, 0.25) is 11.2 Å². The fraction of sp³-hybridized carbons (Fsp3) is 0. The fourth-order valence-corrected chi connectivity index (χ4v) is 2.25. The zero-order chi connectivity index (χ0) is 9.38. The Bertz CT molecular complexity index is 551. The van der Waals surface area contributed by atoms with Gasteiger partial charge >= 0.3 is 0 Å². The lowest BCUT2D eigenvalue weighted by atomic mass is 10.2. The standard InChI is InChI=1S/C11H9N2S/c1-2-10-9(4-5-12-10)11(3-1)13-6-7-14-8-13/h1-8,12H/q+1. The normalized spacial score (nSPS) is 10.9. The Kier molecular flexibility index (Phi) is 1.64. The second kappa shape index (κ2) is 2.96. The van der Waals surface area contributed by atoms with Gasteiger partial charge in [-0.05, 0) is 12.1 Å². The maximum absolute atomic E-state index is 3.21. The minimum absolute atomic E-state index is 1.18. The van der Waals surface area contributed by atoms with Gasteiger partial charge in [-0.3, -0.25) is 0 Å². The molecule has 0 atom stereocenters. The number of hydrogen-bond donors (Lipinski definition) is 1. The molecule has 2 aromatic heterocycles. The first-order valence-corrected chi connectivity index (χ1v) is 5.39. The first kappa shape index (κ1) is 7.76. The second-order valence-corrected chi connectivity index (χ2v) is 3.91. The molecule has 3 heteroatoms. The van der Waals surface area contributed by atoms with Gasteiger partial charge in [-0.1, -0.05) is 17.4 Å². The Morgan fingerprint density at radius 1 is 1.21 bits per heavy atom. The lowest BCUT2D eigenvalue weighted by molar-refractivity contribution is -0.588. The number of nitrogens with zero attached hydrogens (tertiary/aromatic N) is 1. The Balaban J connectivity index is 2.36. The van der Waals surface area contributed by atoms with Gasteiger partial charge in [0.05, 0.1) is 16.3 Å². The molecule has 2 heterocycles. The summed E-state index contributed by atoms with van der Waals surface area (Å²) in [5, 5.41) is 3.33. The van der Waals surface area contributed by atoms with Crippen LogP contribution in [0.25, 0.3) is 16.6 Å². The van der Waals surface area contributed by atoms with Gasteiger partial charge < -0.3 is 4.98 Å². The molecule has 0 saturated carbocycles. The van der Waals surface area contributed by atoms with E-state index in [0.29, 0.717) is 0 Å². The topological polar surface area (TPSA) is 19.7 Å². The summed E-state index contributed by atoms with van der Waals surface area (Å²) in [7, 11) is 0. The van der Waals surface area contributed by atoms with Crippen molar-refractivity contribution in [2.75, 3.05) is 0 Å². The fourth-order valence-electron chi connectivity index (χ4n) is 1.67. The van der Waals surface area contributed by atoms with Crippen molar-refractivity contribution in [3.63, 3.8) is 0 Å². The Hall–Kier alpha value is -1.61. The van der Waals surface area contributed by atoms with Crippen LogP contribution in [0.1, 0.15) is 0 Å². The van der Waals surface area contributed by atoms with Gasteiger partial charge in [-0.2, -0.15) is 4.57 Å². The summed E-state index contributed by atoms with van der Waals surface area (Å²) in [5.74, 6) is 0. The molecule has 3 aromatic rings. The molecule has 1 N–H and O–H groups in total. The average molecular weight is 201 g/mol. The summed E-state index contributed by atoms with van der Waals surface area (Å²) in [4.78, 5) is 3.21. The van der Waals surface area contributed by atoms with Gasteiger partial charge in [0.25, 0.3) is 0 Å². The lowest BCUT2D eigenvalue weighted by Gasteiger charge is -1.93. The molecule has 0 fully saturated rings.